The second-order valence-electron chi connectivity index (χ2n) is 6.91. The van der Waals surface area contributed by atoms with Gasteiger partial charge in [0.15, 0.2) is 0 Å². The Morgan fingerprint density at radius 1 is 0.900 bits per heavy atom. The summed E-state index contributed by atoms with van der Waals surface area (Å²) >= 11 is 0. The summed E-state index contributed by atoms with van der Waals surface area (Å²) in [5.41, 5.74) is 0.0197. The Morgan fingerprint density at radius 2 is 1.60 bits per heavy atom. The summed E-state index contributed by atoms with van der Waals surface area (Å²) < 4.78 is 0. The van der Waals surface area contributed by atoms with Gasteiger partial charge < -0.3 is 5.32 Å². The highest BCUT2D eigenvalue weighted by Gasteiger charge is 2.45. The van der Waals surface area contributed by atoms with Crippen molar-refractivity contribution < 1.29 is 9.59 Å². The van der Waals surface area contributed by atoms with Crippen LogP contribution in [0.3, 0.4) is 0 Å². The van der Waals surface area contributed by atoms with Crippen LogP contribution >= 0.6 is 0 Å². The van der Waals surface area contributed by atoms with Gasteiger partial charge in [-0.2, -0.15) is 0 Å². The van der Waals surface area contributed by atoms with Crippen molar-refractivity contribution in [2.75, 3.05) is 13.1 Å². The SMILES string of the molecule is O=C1CC2(CCCCC2)CC(=O)N1C1CCCNCC1. The predicted molar refractivity (Wildman–Crippen MR) is 77.1 cm³/mol. The van der Waals surface area contributed by atoms with Crippen LogP contribution in [0.15, 0.2) is 0 Å². The summed E-state index contributed by atoms with van der Waals surface area (Å²) in [4.78, 5) is 26.8. The van der Waals surface area contributed by atoms with E-state index < -0.39 is 0 Å². The van der Waals surface area contributed by atoms with E-state index in [9.17, 15) is 9.59 Å². The Kier molecular flexibility index (Phi) is 4.11. The number of piperidine rings is 1. The molecule has 1 aliphatic carbocycles. The average molecular weight is 278 g/mol. The van der Waals surface area contributed by atoms with E-state index in [1.165, 1.54) is 19.3 Å². The lowest BCUT2D eigenvalue weighted by Crippen LogP contribution is -2.53. The van der Waals surface area contributed by atoms with Gasteiger partial charge in [-0.1, -0.05) is 19.3 Å². The van der Waals surface area contributed by atoms with Crippen LogP contribution in [0.4, 0.5) is 0 Å². The van der Waals surface area contributed by atoms with Crippen molar-refractivity contribution in [3.8, 4) is 0 Å². The number of nitrogens with zero attached hydrogens (tertiary/aromatic N) is 1. The fourth-order valence-electron chi connectivity index (χ4n) is 4.34. The first kappa shape index (κ1) is 14.1. The van der Waals surface area contributed by atoms with Gasteiger partial charge in [0.05, 0.1) is 0 Å². The first-order valence-electron chi connectivity index (χ1n) is 8.26. The van der Waals surface area contributed by atoms with Crippen molar-refractivity contribution in [1.29, 1.82) is 0 Å². The molecule has 2 heterocycles. The van der Waals surface area contributed by atoms with Gasteiger partial charge in [0.25, 0.3) is 0 Å². The van der Waals surface area contributed by atoms with Crippen molar-refractivity contribution in [1.82, 2.24) is 10.2 Å². The van der Waals surface area contributed by atoms with E-state index in [0.717, 1.165) is 45.2 Å². The number of carbonyl (C=O) groups is 2. The maximum Gasteiger partial charge on any atom is 0.229 e. The summed E-state index contributed by atoms with van der Waals surface area (Å²) in [6, 6.07) is 0.144. The number of hydrogen-bond donors (Lipinski definition) is 1. The molecule has 0 radical (unpaired) electrons. The van der Waals surface area contributed by atoms with Crippen molar-refractivity contribution in [3.63, 3.8) is 0 Å². The molecule has 0 aromatic carbocycles. The molecular formula is C16H26N2O2. The molecule has 20 heavy (non-hydrogen) atoms. The topological polar surface area (TPSA) is 49.4 Å². The van der Waals surface area contributed by atoms with E-state index in [1.807, 2.05) is 0 Å². The molecule has 3 fully saturated rings. The zero-order valence-corrected chi connectivity index (χ0v) is 12.3. The smallest absolute Gasteiger partial charge is 0.229 e. The highest BCUT2D eigenvalue weighted by molar-refractivity contribution is 5.99. The molecule has 112 valence electrons. The lowest BCUT2D eigenvalue weighted by molar-refractivity contribution is -0.158. The van der Waals surface area contributed by atoms with Crippen molar-refractivity contribution in [2.24, 2.45) is 5.41 Å². The Balaban J connectivity index is 1.71. The Morgan fingerprint density at radius 3 is 2.30 bits per heavy atom. The second-order valence-corrected chi connectivity index (χ2v) is 6.91. The largest absolute Gasteiger partial charge is 0.317 e. The van der Waals surface area contributed by atoms with Gasteiger partial charge >= 0.3 is 0 Å². The molecule has 1 saturated carbocycles. The maximum absolute atomic E-state index is 12.6. The Hall–Kier alpha value is -0.900. The van der Waals surface area contributed by atoms with Gasteiger partial charge in [0.1, 0.15) is 0 Å². The maximum atomic E-state index is 12.6. The van der Waals surface area contributed by atoms with Gasteiger partial charge in [0.2, 0.25) is 11.8 Å². The van der Waals surface area contributed by atoms with E-state index >= 15 is 0 Å². The molecular weight excluding hydrogens is 252 g/mol. The minimum absolute atomic E-state index is 0.0197. The highest BCUT2D eigenvalue weighted by Crippen LogP contribution is 2.45. The van der Waals surface area contributed by atoms with E-state index in [1.54, 1.807) is 4.90 Å². The number of rotatable bonds is 1. The van der Waals surface area contributed by atoms with Crippen LogP contribution in [0, 0.1) is 5.41 Å². The van der Waals surface area contributed by atoms with Crippen molar-refractivity contribution >= 4 is 11.8 Å². The molecule has 0 aromatic heterocycles. The van der Waals surface area contributed by atoms with Gasteiger partial charge in [-0.3, -0.25) is 14.5 Å². The fourth-order valence-corrected chi connectivity index (χ4v) is 4.34. The number of imide groups is 1. The first-order chi connectivity index (χ1) is 9.70. The molecule has 3 rings (SSSR count). The molecule has 1 atom stereocenters. The van der Waals surface area contributed by atoms with Crippen LogP contribution in [0.25, 0.3) is 0 Å². The predicted octanol–water partition coefficient (Wildman–Crippen LogP) is 2.23. The molecule has 2 aliphatic heterocycles. The number of hydrogen-bond acceptors (Lipinski definition) is 3. The molecule has 1 N–H and O–H groups in total. The first-order valence-corrected chi connectivity index (χ1v) is 8.26. The van der Waals surface area contributed by atoms with Gasteiger partial charge in [-0.25, -0.2) is 0 Å². The normalized spacial score (nSPS) is 31.4. The lowest BCUT2D eigenvalue weighted by atomic mass is 9.67. The van der Waals surface area contributed by atoms with Crippen LogP contribution in [0.5, 0.6) is 0 Å². The van der Waals surface area contributed by atoms with Gasteiger partial charge in [0, 0.05) is 18.9 Å². The number of carbonyl (C=O) groups excluding carboxylic acids is 2. The average Bonchev–Trinajstić information content (AvgIpc) is 2.67. The van der Waals surface area contributed by atoms with Crippen LogP contribution < -0.4 is 5.32 Å². The van der Waals surface area contributed by atoms with Crippen molar-refractivity contribution in [3.05, 3.63) is 0 Å². The van der Waals surface area contributed by atoms with Crippen LogP contribution in [0.2, 0.25) is 0 Å². The molecule has 0 aromatic rings. The standard InChI is InChI=1S/C16H26N2O2/c19-14-11-16(7-2-1-3-8-16)12-15(20)18(14)13-5-4-9-17-10-6-13/h13,17H,1-12H2. The molecule has 0 bridgehead atoms. The Labute approximate surface area is 121 Å². The summed E-state index contributed by atoms with van der Waals surface area (Å²) in [7, 11) is 0. The third kappa shape index (κ3) is 2.76. The fraction of sp³-hybridized carbons (Fsp3) is 0.875. The molecule has 1 spiro atoms. The van der Waals surface area contributed by atoms with Gasteiger partial charge in [-0.05, 0) is 50.6 Å². The zero-order chi connectivity index (χ0) is 14.0. The molecule has 2 saturated heterocycles. The summed E-state index contributed by atoms with van der Waals surface area (Å²) in [6.07, 6.45) is 9.97. The number of nitrogens with one attached hydrogen (secondary N) is 1. The minimum Gasteiger partial charge on any atom is -0.317 e. The summed E-state index contributed by atoms with van der Waals surface area (Å²) in [6.45, 7) is 1.93. The minimum atomic E-state index is 0.0197. The monoisotopic (exact) mass is 278 g/mol. The number of amides is 2. The van der Waals surface area contributed by atoms with Crippen LogP contribution in [0.1, 0.15) is 64.2 Å². The second kappa shape index (κ2) is 5.84. The number of likely N-dealkylation sites (tertiary alicyclic amines) is 1. The zero-order valence-electron chi connectivity index (χ0n) is 12.3. The third-order valence-corrected chi connectivity index (χ3v) is 5.41. The van der Waals surface area contributed by atoms with E-state index in [4.69, 9.17) is 0 Å². The van der Waals surface area contributed by atoms with E-state index in [0.29, 0.717) is 12.8 Å². The summed E-state index contributed by atoms with van der Waals surface area (Å²) in [5, 5.41) is 3.35. The van der Waals surface area contributed by atoms with Crippen LogP contribution in [-0.4, -0.2) is 35.8 Å². The molecule has 4 nitrogen and oxygen atoms in total. The molecule has 3 aliphatic rings. The van der Waals surface area contributed by atoms with E-state index in [2.05, 4.69) is 5.32 Å². The lowest BCUT2D eigenvalue weighted by Gasteiger charge is -2.44. The Bertz CT molecular complexity index is 360. The molecule has 1 unspecified atom stereocenters. The summed E-state index contributed by atoms with van der Waals surface area (Å²) in [5.74, 6) is 0.213. The van der Waals surface area contributed by atoms with Crippen LogP contribution in [-0.2, 0) is 9.59 Å². The highest BCUT2D eigenvalue weighted by atomic mass is 16.2. The van der Waals surface area contributed by atoms with Crippen molar-refractivity contribution in [2.45, 2.75) is 70.3 Å². The molecule has 2 amide bonds. The quantitative estimate of drug-likeness (QED) is 0.748. The molecule has 4 heteroatoms. The van der Waals surface area contributed by atoms with Gasteiger partial charge in [-0.15, -0.1) is 0 Å². The third-order valence-electron chi connectivity index (χ3n) is 5.41. The van der Waals surface area contributed by atoms with E-state index in [-0.39, 0.29) is 23.3 Å².